The molecule has 122 valence electrons. The molecule has 0 spiro atoms. The van der Waals surface area contributed by atoms with Gasteiger partial charge in [-0.25, -0.2) is 13.4 Å². The van der Waals surface area contributed by atoms with Crippen LogP contribution >= 0.6 is 0 Å². The van der Waals surface area contributed by atoms with Gasteiger partial charge in [0.1, 0.15) is 5.69 Å². The largest absolute Gasteiger partial charge is 0.360 e. The van der Waals surface area contributed by atoms with E-state index in [-0.39, 0.29) is 16.7 Å². The van der Waals surface area contributed by atoms with E-state index < -0.39 is 10.0 Å². The Morgan fingerprint density at radius 3 is 2.61 bits per heavy atom. The molecule has 0 bridgehead atoms. The smallest absolute Gasteiger partial charge is 0.267 e. The zero-order valence-corrected chi connectivity index (χ0v) is 14.2. The summed E-state index contributed by atoms with van der Waals surface area (Å²) < 4.78 is 34.6. The van der Waals surface area contributed by atoms with Crippen LogP contribution in [0.4, 0.5) is 5.69 Å². The lowest BCUT2D eigenvalue weighted by Crippen LogP contribution is -2.14. The number of nitrogens with zero attached hydrogens (tertiary/aromatic N) is 3. The first-order valence-electron chi connectivity index (χ1n) is 7.22. The number of rotatable bonds is 4. The zero-order valence-electron chi connectivity index (χ0n) is 13.4. The third-order valence-electron chi connectivity index (χ3n) is 3.62. The molecule has 8 heteroatoms. The van der Waals surface area contributed by atoms with E-state index in [1.165, 1.54) is 0 Å². The van der Waals surface area contributed by atoms with Crippen molar-refractivity contribution in [1.82, 2.24) is 14.7 Å². The number of aryl methyl sites for hydroxylation is 2. The summed E-state index contributed by atoms with van der Waals surface area (Å²) in [5.74, 6) is 0.264. The zero-order chi connectivity index (χ0) is 16.8. The quantitative estimate of drug-likeness (QED) is 0.792. The molecule has 0 aliphatic carbocycles. The van der Waals surface area contributed by atoms with E-state index in [1.807, 2.05) is 10.6 Å². The molecule has 23 heavy (non-hydrogen) atoms. The minimum atomic E-state index is -3.75. The second-order valence-corrected chi connectivity index (χ2v) is 7.33. The van der Waals surface area contributed by atoms with Crippen LogP contribution in [0.5, 0.6) is 0 Å². The van der Waals surface area contributed by atoms with E-state index in [1.54, 1.807) is 32.3 Å². The molecular weight excluding hydrogens is 316 g/mol. The average Bonchev–Trinajstić information content (AvgIpc) is 3.01. The van der Waals surface area contributed by atoms with Gasteiger partial charge in [0, 0.05) is 6.04 Å². The van der Waals surface area contributed by atoms with Gasteiger partial charge in [0.05, 0.1) is 23.0 Å². The molecule has 3 rings (SSSR count). The van der Waals surface area contributed by atoms with Crippen LogP contribution in [0.1, 0.15) is 31.3 Å². The standard InChI is InChI=1S/C15H18N4O3S/c1-9(2)19-8-16-13-7-12(5-6-14(13)19)18-23(20,21)15-10(3)17-22-11(15)4/h5-9,18H,1-4H3. The van der Waals surface area contributed by atoms with Crippen LogP contribution in [0.3, 0.4) is 0 Å². The van der Waals surface area contributed by atoms with Crippen LogP contribution in [-0.2, 0) is 10.0 Å². The van der Waals surface area contributed by atoms with Crippen molar-refractivity contribution in [3.63, 3.8) is 0 Å². The lowest BCUT2D eigenvalue weighted by Gasteiger charge is -2.09. The van der Waals surface area contributed by atoms with E-state index >= 15 is 0 Å². The third kappa shape index (κ3) is 2.70. The molecule has 0 amide bonds. The Labute approximate surface area is 134 Å². The van der Waals surface area contributed by atoms with Crippen LogP contribution in [-0.4, -0.2) is 23.1 Å². The SMILES string of the molecule is Cc1noc(C)c1S(=O)(=O)Nc1ccc2c(c1)ncn2C(C)C. The van der Waals surface area contributed by atoms with Gasteiger partial charge in [0.25, 0.3) is 10.0 Å². The maximum Gasteiger partial charge on any atom is 0.267 e. The molecule has 3 aromatic rings. The van der Waals surface area contributed by atoms with E-state index in [9.17, 15) is 8.42 Å². The van der Waals surface area contributed by atoms with Gasteiger partial charge in [-0.05, 0) is 45.9 Å². The fraction of sp³-hybridized carbons (Fsp3) is 0.333. The Morgan fingerprint density at radius 2 is 2.00 bits per heavy atom. The highest BCUT2D eigenvalue weighted by molar-refractivity contribution is 7.92. The van der Waals surface area contributed by atoms with Crippen molar-refractivity contribution >= 4 is 26.7 Å². The van der Waals surface area contributed by atoms with Crippen molar-refractivity contribution < 1.29 is 12.9 Å². The summed E-state index contributed by atoms with van der Waals surface area (Å²) in [6.07, 6.45) is 1.75. The Balaban J connectivity index is 1.99. The Hall–Kier alpha value is -2.35. The first-order valence-corrected chi connectivity index (χ1v) is 8.70. The van der Waals surface area contributed by atoms with Gasteiger partial charge in [-0.15, -0.1) is 0 Å². The van der Waals surface area contributed by atoms with Crippen LogP contribution in [0.15, 0.2) is 33.9 Å². The fourth-order valence-electron chi connectivity index (χ4n) is 2.57. The van der Waals surface area contributed by atoms with Crippen LogP contribution in [0.25, 0.3) is 11.0 Å². The van der Waals surface area contributed by atoms with Gasteiger partial charge < -0.3 is 9.09 Å². The number of fused-ring (bicyclic) bond motifs is 1. The van der Waals surface area contributed by atoms with Gasteiger partial charge in [-0.3, -0.25) is 4.72 Å². The summed E-state index contributed by atoms with van der Waals surface area (Å²) >= 11 is 0. The molecule has 0 atom stereocenters. The number of benzene rings is 1. The molecule has 2 aromatic heterocycles. The first-order chi connectivity index (χ1) is 10.8. The molecule has 0 saturated carbocycles. The highest BCUT2D eigenvalue weighted by atomic mass is 32.2. The molecule has 1 aromatic carbocycles. The third-order valence-corrected chi connectivity index (χ3v) is 5.24. The summed E-state index contributed by atoms with van der Waals surface area (Å²) in [4.78, 5) is 4.40. The van der Waals surface area contributed by atoms with Crippen molar-refractivity contribution in [1.29, 1.82) is 0 Å². The van der Waals surface area contributed by atoms with Gasteiger partial charge in [0.15, 0.2) is 10.7 Å². The molecule has 2 heterocycles. The highest BCUT2D eigenvalue weighted by Gasteiger charge is 2.24. The highest BCUT2D eigenvalue weighted by Crippen LogP contribution is 2.25. The fourth-order valence-corrected chi connectivity index (χ4v) is 3.95. The Kier molecular flexibility index (Phi) is 3.63. The van der Waals surface area contributed by atoms with Gasteiger partial charge in [-0.1, -0.05) is 5.16 Å². The van der Waals surface area contributed by atoms with E-state index in [0.29, 0.717) is 11.4 Å². The maximum absolute atomic E-state index is 12.5. The predicted molar refractivity (Wildman–Crippen MR) is 86.9 cm³/mol. The molecule has 0 aliphatic rings. The molecule has 0 aliphatic heterocycles. The van der Waals surface area contributed by atoms with Crippen LogP contribution < -0.4 is 4.72 Å². The molecule has 0 radical (unpaired) electrons. The normalized spacial score (nSPS) is 12.2. The van der Waals surface area contributed by atoms with Gasteiger partial charge >= 0.3 is 0 Å². The molecule has 7 nitrogen and oxygen atoms in total. The topological polar surface area (TPSA) is 90.0 Å². The summed E-state index contributed by atoms with van der Waals surface area (Å²) in [7, 11) is -3.75. The van der Waals surface area contributed by atoms with Crippen molar-refractivity contribution in [3.05, 3.63) is 36.0 Å². The van der Waals surface area contributed by atoms with Crippen LogP contribution in [0, 0.1) is 13.8 Å². The number of anilines is 1. The number of aromatic nitrogens is 3. The Bertz CT molecular complexity index is 950. The number of imidazole rings is 1. The van der Waals surface area contributed by atoms with E-state index in [2.05, 4.69) is 28.7 Å². The molecule has 1 N–H and O–H groups in total. The van der Waals surface area contributed by atoms with Crippen molar-refractivity contribution in [2.45, 2.75) is 38.6 Å². The monoisotopic (exact) mass is 334 g/mol. The predicted octanol–water partition coefficient (Wildman–Crippen LogP) is 3.02. The van der Waals surface area contributed by atoms with E-state index in [4.69, 9.17) is 4.52 Å². The second-order valence-electron chi connectivity index (χ2n) is 5.71. The lowest BCUT2D eigenvalue weighted by molar-refractivity contribution is 0.390. The molecule has 0 fully saturated rings. The van der Waals surface area contributed by atoms with Crippen molar-refractivity contribution in [3.8, 4) is 0 Å². The van der Waals surface area contributed by atoms with E-state index in [0.717, 1.165) is 11.0 Å². The number of nitrogens with one attached hydrogen (secondary N) is 1. The maximum atomic E-state index is 12.5. The van der Waals surface area contributed by atoms with Gasteiger partial charge in [-0.2, -0.15) is 0 Å². The number of sulfonamides is 1. The minimum absolute atomic E-state index is 0.0744. The van der Waals surface area contributed by atoms with Gasteiger partial charge in [0.2, 0.25) is 0 Å². The van der Waals surface area contributed by atoms with Crippen LogP contribution in [0.2, 0.25) is 0 Å². The number of hydrogen-bond donors (Lipinski definition) is 1. The number of hydrogen-bond acceptors (Lipinski definition) is 5. The summed E-state index contributed by atoms with van der Waals surface area (Å²) in [5, 5.41) is 3.69. The summed E-state index contributed by atoms with van der Waals surface area (Å²) in [5.41, 5.74) is 2.48. The average molecular weight is 334 g/mol. The first kappa shape index (κ1) is 15.5. The lowest BCUT2D eigenvalue weighted by atomic mass is 10.2. The molecule has 0 saturated heterocycles. The van der Waals surface area contributed by atoms with Crippen molar-refractivity contribution in [2.24, 2.45) is 0 Å². The minimum Gasteiger partial charge on any atom is -0.360 e. The molecular formula is C15H18N4O3S. The summed E-state index contributed by atoms with van der Waals surface area (Å²) in [6.45, 7) is 7.30. The Morgan fingerprint density at radius 1 is 1.26 bits per heavy atom. The second kappa shape index (κ2) is 5.38. The summed E-state index contributed by atoms with van der Waals surface area (Å²) in [6, 6.07) is 5.57. The van der Waals surface area contributed by atoms with Crippen molar-refractivity contribution in [2.75, 3.05) is 4.72 Å². The molecule has 0 unspecified atom stereocenters.